The molecule has 82 valence electrons. The van der Waals surface area contributed by atoms with Crippen LogP contribution in [0.2, 0.25) is 0 Å². The van der Waals surface area contributed by atoms with E-state index in [-0.39, 0.29) is 12.0 Å². The molecule has 1 heterocycles. The van der Waals surface area contributed by atoms with Gasteiger partial charge in [-0.05, 0) is 18.8 Å². The highest BCUT2D eigenvalue weighted by molar-refractivity contribution is 5.76. The van der Waals surface area contributed by atoms with E-state index in [1.165, 1.54) is 0 Å². The van der Waals surface area contributed by atoms with Gasteiger partial charge < -0.3 is 10.0 Å². The van der Waals surface area contributed by atoms with Crippen molar-refractivity contribution < 1.29 is 9.90 Å². The fraction of sp³-hybridized carbons (Fsp3) is 0.909. The lowest BCUT2D eigenvalue weighted by molar-refractivity contribution is -0.134. The van der Waals surface area contributed by atoms with Crippen LogP contribution in [-0.4, -0.2) is 35.1 Å². The van der Waals surface area contributed by atoms with Gasteiger partial charge in [0.25, 0.3) is 0 Å². The average molecular weight is 199 g/mol. The summed E-state index contributed by atoms with van der Waals surface area (Å²) in [6, 6.07) is 0. The first-order chi connectivity index (χ1) is 6.63. The van der Waals surface area contributed by atoms with Crippen LogP contribution in [0.3, 0.4) is 0 Å². The molecular formula is C11H21NO2. The molecule has 1 saturated heterocycles. The second-order valence-corrected chi connectivity index (χ2v) is 4.33. The van der Waals surface area contributed by atoms with Crippen LogP contribution in [-0.2, 0) is 4.79 Å². The standard InChI is InChI=1S/C11H21NO2/c1-3-9(2)8-11(14)12-6-4-10(13)5-7-12/h9-10,13H,3-8H2,1-2H3/t9-/m1/s1. The van der Waals surface area contributed by atoms with Crippen LogP contribution in [0.1, 0.15) is 39.5 Å². The quantitative estimate of drug-likeness (QED) is 0.746. The number of hydrogen-bond donors (Lipinski definition) is 1. The molecule has 0 radical (unpaired) electrons. The van der Waals surface area contributed by atoms with Gasteiger partial charge >= 0.3 is 0 Å². The van der Waals surface area contributed by atoms with Gasteiger partial charge in [-0.2, -0.15) is 0 Å². The number of carbonyl (C=O) groups is 1. The highest BCUT2D eigenvalue weighted by Crippen LogP contribution is 2.14. The van der Waals surface area contributed by atoms with Crippen LogP contribution < -0.4 is 0 Å². The molecule has 0 bridgehead atoms. The highest BCUT2D eigenvalue weighted by atomic mass is 16.3. The summed E-state index contributed by atoms with van der Waals surface area (Å²) < 4.78 is 0. The number of aliphatic hydroxyl groups is 1. The maximum absolute atomic E-state index is 11.7. The molecular weight excluding hydrogens is 178 g/mol. The molecule has 0 spiro atoms. The molecule has 3 nitrogen and oxygen atoms in total. The van der Waals surface area contributed by atoms with E-state index in [9.17, 15) is 9.90 Å². The molecule has 1 amide bonds. The Bertz CT molecular complexity index is 186. The number of likely N-dealkylation sites (tertiary alicyclic amines) is 1. The van der Waals surface area contributed by atoms with Gasteiger partial charge in [0.05, 0.1) is 6.10 Å². The molecule has 0 aromatic heterocycles. The summed E-state index contributed by atoms with van der Waals surface area (Å²) in [5.41, 5.74) is 0. The minimum absolute atomic E-state index is 0.192. The van der Waals surface area contributed by atoms with Crippen molar-refractivity contribution in [1.29, 1.82) is 0 Å². The van der Waals surface area contributed by atoms with Crippen molar-refractivity contribution in [2.24, 2.45) is 5.92 Å². The molecule has 1 fully saturated rings. The molecule has 1 aliphatic heterocycles. The van der Waals surface area contributed by atoms with Crippen molar-refractivity contribution >= 4 is 5.91 Å². The van der Waals surface area contributed by atoms with E-state index in [1.54, 1.807) is 0 Å². The van der Waals surface area contributed by atoms with Crippen molar-refractivity contribution in [1.82, 2.24) is 4.90 Å². The molecule has 1 atom stereocenters. The topological polar surface area (TPSA) is 40.5 Å². The maximum atomic E-state index is 11.7. The van der Waals surface area contributed by atoms with Crippen LogP contribution in [0.15, 0.2) is 0 Å². The number of hydrogen-bond acceptors (Lipinski definition) is 2. The lowest BCUT2D eigenvalue weighted by atomic mass is 10.0. The number of nitrogens with zero attached hydrogens (tertiary/aromatic N) is 1. The number of carbonyl (C=O) groups excluding carboxylic acids is 1. The number of rotatable bonds is 3. The Morgan fingerprint density at radius 3 is 2.57 bits per heavy atom. The zero-order valence-electron chi connectivity index (χ0n) is 9.20. The molecule has 0 aromatic rings. The first-order valence-corrected chi connectivity index (χ1v) is 5.59. The van der Waals surface area contributed by atoms with Crippen molar-refractivity contribution in [2.75, 3.05) is 13.1 Å². The Labute approximate surface area is 86.1 Å². The zero-order valence-corrected chi connectivity index (χ0v) is 9.20. The fourth-order valence-electron chi connectivity index (χ4n) is 1.69. The molecule has 0 aliphatic carbocycles. The minimum Gasteiger partial charge on any atom is -0.393 e. The molecule has 1 aliphatic rings. The van der Waals surface area contributed by atoms with E-state index in [0.29, 0.717) is 12.3 Å². The Morgan fingerprint density at radius 1 is 1.50 bits per heavy atom. The van der Waals surface area contributed by atoms with Crippen LogP contribution in [0.4, 0.5) is 0 Å². The third kappa shape index (κ3) is 3.29. The van der Waals surface area contributed by atoms with E-state index in [1.807, 2.05) is 4.90 Å². The number of amides is 1. The first kappa shape index (κ1) is 11.5. The lowest BCUT2D eigenvalue weighted by Crippen LogP contribution is -2.40. The smallest absolute Gasteiger partial charge is 0.222 e. The van der Waals surface area contributed by atoms with Gasteiger partial charge in [-0.15, -0.1) is 0 Å². The van der Waals surface area contributed by atoms with Crippen LogP contribution in [0, 0.1) is 5.92 Å². The van der Waals surface area contributed by atoms with E-state index >= 15 is 0 Å². The summed E-state index contributed by atoms with van der Waals surface area (Å²) in [6.07, 6.45) is 3.01. The predicted octanol–water partition coefficient (Wildman–Crippen LogP) is 1.41. The second-order valence-electron chi connectivity index (χ2n) is 4.33. The van der Waals surface area contributed by atoms with Crippen LogP contribution in [0.25, 0.3) is 0 Å². The molecule has 14 heavy (non-hydrogen) atoms. The van der Waals surface area contributed by atoms with Crippen molar-refractivity contribution in [2.45, 2.75) is 45.6 Å². The molecule has 1 N–H and O–H groups in total. The average Bonchev–Trinajstić information content (AvgIpc) is 2.18. The van der Waals surface area contributed by atoms with Gasteiger partial charge in [0, 0.05) is 19.5 Å². The molecule has 0 saturated carbocycles. The van der Waals surface area contributed by atoms with Crippen LogP contribution >= 0.6 is 0 Å². The maximum Gasteiger partial charge on any atom is 0.222 e. The zero-order chi connectivity index (χ0) is 10.6. The summed E-state index contributed by atoms with van der Waals surface area (Å²) in [6.45, 7) is 5.68. The van der Waals surface area contributed by atoms with E-state index in [0.717, 1.165) is 32.4 Å². The third-order valence-corrected chi connectivity index (χ3v) is 3.04. The molecule has 1 rings (SSSR count). The van der Waals surface area contributed by atoms with Crippen LogP contribution in [0.5, 0.6) is 0 Å². The Hall–Kier alpha value is -0.570. The second kappa shape index (κ2) is 5.35. The van der Waals surface area contributed by atoms with Gasteiger partial charge in [-0.3, -0.25) is 4.79 Å². The van der Waals surface area contributed by atoms with E-state index < -0.39 is 0 Å². The highest BCUT2D eigenvalue weighted by Gasteiger charge is 2.21. The Morgan fingerprint density at radius 2 is 2.07 bits per heavy atom. The number of aliphatic hydroxyl groups excluding tert-OH is 1. The largest absolute Gasteiger partial charge is 0.393 e. The summed E-state index contributed by atoms with van der Waals surface area (Å²) in [5.74, 6) is 0.737. The van der Waals surface area contributed by atoms with E-state index in [2.05, 4.69) is 13.8 Å². The van der Waals surface area contributed by atoms with Crippen molar-refractivity contribution in [3.05, 3.63) is 0 Å². The first-order valence-electron chi connectivity index (χ1n) is 5.59. The summed E-state index contributed by atoms with van der Waals surface area (Å²) >= 11 is 0. The Balaban J connectivity index is 2.30. The van der Waals surface area contributed by atoms with E-state index in [4.69, 9.17) is 0 Å². The Kier molecular flexibility index (Phi) is 4.39. The third-order valence-electron chi connectivity index (χ3n) is 3.04. The fourth-order valence-corrected chi connectivity index (χ4v) is 1.69. The summed E-state index contributed by atoms with van der Waals surface area (Å²) in [7, 11) is 0. The van der Waals surface area contributed by atoms with Gasteiger partial charge in [-0.25, -0.2) is 0 Å². The van der Waals surface area contributed by atoms with Gasteiger partial charge in [0.2, 0.25) is 5.91 Å². The molecule has 3 heteroatoms. The SMILES string of the molecule is CC[C@@H](C)CC(=O)N1CCC(O)CC1. The van der Waals surface area contributed by atoms with Gasteiger partial charge in [-0.1, -0.05) is 20.3 Å². The summed E-state index contributed by atoms with van der Waals surface area (Å²) in [5, 5.41) is 9.30. The lowest BCUT2D eigenvalue weighted by Gasteiger charge is -2.30. The van der Waals surface area contributed by atoms with Gasteiger partial charge in [0.1, 0.15) is 0 Å². The molecule has 0 unspecified atom stereocenters. The van der Waals surface area contributed by atoms with Crippen molar-refractivity contribution in [3.8, 4) is 0 Å². The normalized spacial score (nSPS) is 20.9. The monoisotopic (exact) mass is 199 g/mol. The minimum atomic E-state index is -0.192. The predicted molar refractivity (Wildman–Crippen MR) is 55.9 cm³/mol. The van der Waals surface area contributed by atoms with Gasteiger partial charge in [0.15, 0.2) is 0 Å². The molecule has 0 aromatic carbocycles. The number of piperidine rings is 1. The summed E-state index contributed by atoms with van der Waals surface area (Å²) in [4.78, 5) is 13.6. The van der Waals surface area contributed by atoms with Crippen molar-refractivity contribution in [3.63, 3.8) is 0 Å².